The summed E-state index contributed by atoms with van der Waals surface area (Å²) in [5, 5.41) is 11.8. The maximum atomic E-state index is 13.8. The summed E-state index contributed by atoms with van der Waals surface area (Å²) in [4.78, 5) is 16.1. The third kappa shape index (κ3) is 3.49. The van der Waals surface area contributed by atoms with E-state index in [2.05, 4.69) is 20.3 Å². The molecule has 0 atom stereocenters. The number of benzene rings is 1. The van der Waals surface area contributed by atoms with Crippen LogP contribution in [0.15, 0.2) is 39.5 Å². The molecule has 166 valence electrons. The highest BCUT2D eigenvalue weighted by atomic mass is 19.4. The number of aryl methyl sites for hydroxylation is 1. The monoisotopic (exact) mass is 443 g/mol. The molecule has 0 radical (unpaired) electrons. The molecule has 5 rings (SSSR count). The van der Waals surface area contributed by atoms with E-state index >= 15 is 0 Å². The first kappa shape index (κ1) is 20.5. The lowest BCUT2D eigenvalue weighted by Gasteiger charge is -2.07. The van der Waals surface area contributed by atoms with Crippen LogP contribution in [0.4, 0.5) is 13.2 Å². The van der Waals surface area contributed by atoms with Gasteiger partial charge in [-0.3, -0.25) is 4.79 Å². The Bertz CT molecular complexity index is 1330. The van der Waals surface area contributed by atoms with E-state index in [1.54, 1.807) is 37.3 Å². The Morgan fingerprint density at radius 1 is 1.16 bits per heavy atom. The number of aromatic amines is 1. The molecule has 32 heavy (non-hydrogen) atoms. The van der Waals surface area contributed by atoms with Gasteiger partial charge in [0.25, 0.3) is 5.56 Å². The highest BCUT2D eigenvalue weighted by Crippen LogP contribution is 2.38. The van der Waals surface area contributed by atoms with Crippen molar-refractivity contribution in [2.45, 2.75) is 51.1 Å². The Morgan fingerprint density at radius 3 is 2.56 bits per heavy atom. The molecule has 7 nitrogen and oxygen atoms in total. The van der Waals surface area contributed by atoms with Crippen molar-refractivity contribution >= 4 is 5.65 Å². The average molecular weight is 443 g/mol. The first-order valence-electron chi connectivity index (χ1n) is 10.4. The Morgan fingerprint density at radius 2 is 1.88 bits per heavy atom. The highest BCUT2D eigenvalue weighted by molar-refractivity contribution is 5.80. The van der Waals surface area contributed by atoms with Gasteiger partial charge in [-0.1, -0.05) is 43.2 Å². The zero-order chi connectivity index (χ0) is 22.5. The van der Waals surface area contributed by atoms with Gasteiger partial charge in [0.2, 0.25) is 11.8 Å². The fourth-order valence-corrected chi connectivity index (χ4v) is 4.33. The number of alkyl halides is 3. The SMILES string of the molecule is Cc1[nH]c2c(-c3ccccc3)c(C(F)(F)F)nn2c(=O)c1Cc1nnc(C2CCCC2)o1. The zero-order valence-corrected chi connectivity index (χ0v) is 17.2. The summed E-state index contributed by atoms with van der Waals surface area (Å²) in [5.74, 6) is 1.04. The molecular weight excluding hydrogens is 423 g/mol. The number of rotatable bonds is 4. The Labute approximate surface area is 180 Å². The summed E-state index contributed by atoms with van der Waals surface area (Å²) in [6.45, 7) is 1.64. The topological polar surface area (TPSA) is 89.1 Å². The van der Waals surface area contributed by atoms with Crippen molar-refractivity contribution in [1.82, 2.24) is 24.8 Å². The van der Waals surface area contributed by atoms with Crippen molar-refractivity contribution in [2.24, 2.45) is 0 Å². The van der Waals surface area contributed by atoms with Gasteiger partial charge in [0.15, 0.2) is 5.69 Å². The third-order valence-electron chi connectivity index (χ3n) is 5.94. The summed E-state index contributed by atoms with van der Waals surface area (Å²) in [6.07, 6.45) is -0.510. The molecule has 1 fully saturated rings. The molecular formula is C22H20F3N5O2. The van der Waals surface area contributed by atoms with Gasteiger partial charge in [-0.05, 0) is 25.3 Å². The van der Waals surface area contributed by atoms with Crippen molar-refractivity contribution in [3.63, 3.8) is 0 Å². The van der Waals surface area contributed by atoms with Crippen molar-refractivity contribution in [3.8, 4) is 11.1 Å². The van der Waals surface area contributed by atoms with Gasteiger partial charge in [-0.25, -0.2) is 0 Å². The summed E-state index contributed by atoms with van der Waals surface area (Å²) in [7, 11) is 0. The smallest absolute Gasteiger partial charge is 0.425 e. The van der Waals surface area contributed by atoms with Gasteiger partial charge in [-0.2, -0.15) is 22.8 Å². The van der Waals surface area contributed by atoms with E-state index in [1.165, 1.54) is 0 Å². The second kappa shape index (κ2) is 7.61. The van der Waals surface area contributed by atoms with E-state index in [9.17, 15) is 18.0 Å². The molecule has 3 heterocycles. The Kier molecular flexibility index (Phi) is 4.87. The van der Waals surface area contributed by atoms with Gasteiger partial charge in [0.05, 0.1) is 12.0 Å². The molecule has 4 aromatic rings. The molecule has 1 aliphatic rings. The Hall–Kier alpha value is -3.43. The lowest BCUT2D eigenvalue weighted by atomic mass is 10.1. The van der Waals surface area contributed by atoms with Gasteiger partial charge in [-0.15, -0.1) is 10.2 Å². The third-order valence-corrected chi connectivity index (χ3v) is 5.94. The van der Waals surface area contributed by atoms with Crippen LogP contribution in [0.5, 0.6) is 0 Å². The van der Waals surface area contributed by atoms with Crippen molar-refractivity contribution in [2.75, 3.05) is 0 Å². The molecule has 0 saturated heterocycles. The first-order valence-corrected chi connectivity index (χ1v) is 10.4. The molecule has 0 aliphatic heterocycles. The molecule has 1 aromatic carbocycles. The molecule has 1 saturated carbocycles. The minimum absolute atomic E-state index is 0.00745. The van der Waals surface area contributed by atoms with Gasteiger partial charge >= 0.3 is 6.18 Å². The van der Waals surface area contributed by atoms with Gasteiger partial charge in [0.1, 0.15) is 5.65 Å². The van der Waals surface area contributed by atoms with Crippen LogP contribution in [0.3, 0.4) is 0 Å². The number of halogens is 3. The van der Waals surface area contributed by atoms with Crippen molar-refractivity contribution < 1.29 is 17.6 Å². The van der Waals surface area contributed by atoms with E-state index in [-0.39, 0.29) is 35.0 Å². The molecule has 0 spiro atoms. The standard InChI is InChI=1S/C22H20F3N5O2/c1-12-15(11-16-27-28-20(32-16)14-9-5-6-10-14)21(31)30-19(26-12)17(13-7-3-2-4-8-13)18(29-30)22(23,24)25/h2-4,7-8,14,26H,5-6,9-11H2,1H3. The number of aromatic nitrogens is 5. The summed E-state index contributed by atoms with van der Waals surface area (Å²) in [6, 6.07) is 8.08. The second-order valence-corrected chi connectivity index (χ2v) is 8.07. The van der Waals surface area contributed by atoms with Crippen LogP contribution in [-0.2, 0) is 12.6 Å². The second-order valence-electron chi connectivity index (χ2n) is 8.07. The predicted octanol–water partition coefficient (Wildman–Crippen LogP) is 4.65. The fraction of sp³-hybridized carbons (Fsp3) is 0.364. The van der Waals surface area contributed by atoms with E-state index in [1.807, 2.05) is 0 Å². The highest BCUT2D eigenvalue weighted by Gasteiger charge is 2.39. The lowest BCUT2D eigenvalue weighted by molar-refractivity contribution is -0.140. The van der Waals surface area contributed by atoms with Crippen LogP contribution in [0.1, 0.15) is 60.3 Å². The molecule has 0 amide bonds. The van der Waals surface area contributed by atoms with Gasteiger partial charge < -0.3 is 9.40 Å². The van der Waals surface area contributed by atoms with Crippen LogP contribution in [-0.4, -0.2) is 24.8 Å². The normalized spacial score (nSPS) is 15.1. The van der Waals surface area contributed by atoms with Crippen LogP contribution in [0, 0.1) is 6.92 Å². The number of nitrogens with zero attached hydrogens (tertiary/aromatic N) is 4. The maximum absolute atomic E-state index is 13.8. The van der Waals surface area contributed by atoms with Crippen LogP contribution in [0.2, 0.25) is 0 Å². The van der Waals surface area contributed by atoms with Crippen molar-refractivity contribution in [1.29, 1.82) is 0 Å². The predicted molar refractivity (Wildman–Crippen MR) is 109 cm³/mol. The zero-order valence-electron chi connectivity index (χ0n) is 17.2. The molecule has 1 N–H and O–H groups in total. The molecule has 0 unspecified atom stereocenters. The molecule has 0 bridgehead atoms. The maximum Gasteiger partial charge on any atom is 0.435 e. The quantitative estimate of drug-likeness (QED) is 0.496. The minimum Gasteiger partial charge on any atom is -0.425 e. The minimum atomic E-state index is -4.73. The molecule has 10 heteroatoms. The average Bonchev–Trinajstić information content (AvgIpc) is 3.50. The van der Waals surface area contributed by atoms with Gasteiger partial charge in [0, 0.05) is 17.2 Å². The van der Waals surface area contributed by atoms with E-state index < -0.39 is 17.4 Å². The van der Waals surface area contributed by atoms with Crippen LogP contribution < -0.4 is 5.56 Å². The number of hydrogen-bond acceptors (Lipinski definition) is 5. The molecule has 3 aromatic heterocycles. The summed E-state index contributed by atoms with van der Waals surface area (Å²) in [5.41, 5.74) is -0.961. The van der Waals surface area contributed by atoms with E-state index in [0.717, 1.165) is 30.2 Å². The number of H-pyrrole nitrogens is 1. The largest absolute Gasteiger partial charge is 0.435 e. The van der Waals surface area contributed by atoms with Crippen LogP contribution >= 0.6 is 0 Å². The fourth-order valence-electron chi connectivity index (χ4n) is 4.33. The Balaban J connectivity index is 1.61. The van der Waals surface area contributed by atoms with Crippen molar-refractivity contribution in [3.05, 3.63) is 69.4 Å². The number of fused-ring (bicyclic) bond motifs is 1. The summed E-state index contributed by atoms with van der Waals surface area (Å²) < 4.78 is 47.9. The van der Waals surface area contributed by atoms with E-state index in [0.29, 0.717) is 17.1 Å². The van der Waals surface area contributed by atoms with Crippen LogP contribution in [0.25, 0.3) is 16.8 Å². The summed E-state index contributed by atoms with van der Waals surface area (Å²) >= 11 is 0. The van der Waals surface area contributed by atoms with E-state index in [4.69, 9.17) is 4.42 Å². The number of nitrogens with one attached hydrogen (secondary N) is 1. The number of hydrogen-bond donors (Lipinski definition) is 1. The first-order chi connectivity index (χ1) is 15.3. The lowest BCUT2D eigenvalue weighted by Crippen LogP contribution is -2.22. The molecule has 1 aliphatic carbocycles.